The predicted molar refractivity (Wildman–Crippen MR) is 135 cm³/mol. The Morgan fingerprint density at radius 1 is 1.09 bits per heavy atom. The maximum atomic E-state index is 11.3. The minimum absolute atomic E-state index is 0.00487. The van der Waals surface area contributed by atoms with Gasteiger partial charge in [-0.3, -0.25) is 0 Å². The fraction of sp³-hybridized carbons (Fsp3) is 0.500. The minimum atomic E-state index is -2.14. The Morgan fingerprint density at radius 3 is 2.30 bits per heavy atom. The summed E-state index contributed by atoms with van der Waals surface area (Å²) in [6.07, 6.45) is 0.322. The molecule has 0 amide bonds. The number of aromatic carboxylic acids is 1. The van der Waals surface area contributed by atoms with Gasteiger partial charge in [0.05, 0.1) is 11.7 Å². The van der Waals surface area contributed by atoms with Gasteiger partial charge < -0.3 is 25.1 Å². The third-order valence-electron chi connectivity index (χ3n) is 6.63. The van der Waals surface area contributed by atoms with Gasteiger partial charge in [-0.05, 0) is 74.7 Å². The number of carboxylic acid groups (broad SMARTS) is 1. The summed E-state index contributed by atoms with van der Waals surface area (Å²) in [5.41, 5.74) is 2.32. The highest BCUT2D eigenvalue weighted by molar-refractivity contribution is 6.74. The molecule has 0 saturated carbocycles. The van der Waals surface area contributed by atoms with E-state index in [1.807, 2.05) is 12.1 Å². The zero-order valence-corrected chi connectivity index (χ0v) is 22.1. The van der Waals surface area contributed by atoms with Crippen molar-refractivity contribution in [3.8, 4) is 11.5 Å². The number of hydrogen-bond acceptors (Lipinski definition) is 5. The van der Waals surface area contributed by atoms with Crippen LogP contribution in [0.5, 0.6) is 11.5 Å². The lowest BCUT2D eigenvalue weighted by Gasteiger charge is -2.40. The fourth-order valence-electron chi connectivity index (χ4n) is 3.55. The Labute approximate surface area is 198 Å². The molecule has 2 aromatic carbocycles. The molecule has 0 saturated heterocycles. The molecule has 7 heteroatoms. The summed E-state index contributed by atoms with van der Waals surface area (Å²) in [5, 5.41) is 33.1. The summed E-state index contributed by atoms with van der Waals surface area (Å²) in [7, 11) is -2.14. The van der Waals surface area contributed by atoms with Crippen LogP contribution in [0.3, 0.4) is 0 Å². The Balaban J connectivity index is 2.30. The van der Waals surface area contributed by atoms with Crippen LogP contribution < -0.4 is 5.32 Å². The number of aromatic hydroxyl groups is 2. The largest absolute Gasteiger partial charge is 0.504 e. The van der Waals surface area contributed by atoms with Gasteiger partial charge >= 0.3 is 5.97 Å². The van der Waals surface area contributed by atoms with Crippen LogP contribution in [-0.2, 0) is 10.8 Å². The van der Waals surface area contributed by atoms with Crippen LogP contribution in [-0.4, -0.2) is 41.7 Å². The molecule has 0 unspecified atom stereocenters. The zero-order valence-electron chi connectivity index (χ0n) is 21.1. The van der Waals surface area contributed by atoms with Gasteiger partial charge in [-0.15, -0.1) is 0 Å². The SMILES string of the molecule is Cc1c([C@H](CNC(C)(C)Cc2cccc(C(=O)O)c2)O[Si](C)(C)C(C)(C)C)ccc(O)c1O. The van der Waals surface area contributed by atoms with E-state index in [2.05, 4.69) is 53.0 Å². The number of nitrogens with one attached hydrogen (secondary N) is 1. The molecule has 1 atom stereocenters. The fourth-order valence-corrected chi connectivity index (χ4v) is 4.83. The average molecular weight is 474 g/mol. The number of benzene rings is 2. The molecular formula is C26H39NO5Si. The third-order valence-corrected chi connectivity index (χ3v) is 11.1. The summed E-state index contributed by atoms with van der Waals surface area (Å²) >= 11 is 0. The van der Waals surface area contributed by atoms with Gasteiger partial charge in [-0.25, -0.2) is 4.79 Å². The molecule has 6 nitrogen and oxygen atoms in total. The van der Waals surface area contributed by atoms with Gasteiger partial charge in [0.15, 0.2) is 19.8 Å². The van der Waals surface area contributed by atoms with Gasteiger partial charge in [0, 0.05) is 17.6 Å². The lowest BCUT2D eigenvalue weighted by Crippen LogP contribution is -2.47. The van der Waals surface area contributed by atoms with Crippen molar-refractivity contribution in [3.05, 3.63) is 58.7 Å². The molecule has 0 fully saturated rings. The monoisotopic (exact) mass is 473 g/mol. The summed E-state index contributed by atoms with van der Waals surface area (Å²) < 4.78 is 6.77. The Kier molecular flexibility index (Phi) is 8.04. The number of carboxylic acids is 1. The minimum Gasteiger partial charge on any atom is -0.504 e. The standard InChI is InChI=1S/C26H39NO5Si/c1-17-20(12-13-21(28)23(17)29)22(32-33(7,8)25(2,3)4)16-27-26(5,6)15-18-10-9-11-19(14-18)24(30)31/h9-14,22,27-29H,15-16H2,1-8H3,(H,30,31)/t22-/m0/s1. The molecule has 2 rings (SSSR count). The van der Waals surface area contributed by atoms with E-state index < -0.39 is 14.3 Å². The zero-order chi connectivity index (χ0) is 25.2. The first-order valence-corrected chi connectivity index (χ1v) is 14.2. The van der Waals surface area contributed by atoms with E-state index in [9.17, 15) is 20.1 Å². The molecular weight excluding hydrogens is 434 g/mol. The highest BCUT2D eigenvalue weighted by Crippen LogP contribution is 2.42. The second-order valence-corrected chi connectivity index (χ2v) is 15.7. The third kappa shape index (κ3) is 6.82. The molecule has 0 aliphatic heterocycles. The van der Waals surface area contributed by atoms with Crippen LogP contribution >= 0.6 is 0 Å². The van der Waals surface area contributed by atoms with Crippen molar-refractivity contribution in [1.29, 1.82) is 0 Å². The van der Waals surface area contributed by atoms with Crippen LogP contribution in [0.15, 0.2) is 36.4 Å². The normalized spacial score (nSPS) is 13.7. The lowest BCUT2D eigenvalue weighted by molar-refractivity contribution is 0.0696. The molecule has 33 heavy (non-hydrogen) atoms. The highest BCUT2D eigenvalue weighted by Gasteiger charge is 2.40. The van der Waals surface area contributed by atoms with E-state index in [4.69, 9.17) is 4.43 Å². The van der Waals surface area contributed by atoms with Gasteiger partial charge in [-0.2, -0.15) is 0 Å². The number of hydrogen-bond donors (Lipinski definition) is 4. The molecule has 0 spiro atoms. The summed E-state index contributed by atoms with van der Waals surface area (Å²) in [5.74, 6) is -1.21. The smallest absolute Gasteiger partial charge is 0.335 e. The maximum Gasteiger partial charge on any atom is 0.335 e. The lowest BCUT2D eigenvalue weighted by atomic mass is 9.93. The van der Waals surface area contributed by atoms with Gasteiger partial charge in [0.2, 0.25) is 0 Å². The molecule has 0 radical (unpaired) electrons. The van der Waals surface area contributed by atoms with E-state index in [0.29, 0.717) is 18.5 Å². The van der Waals surface area contributed by atoms with Crippen molar-refractivity contribution in [2.45, 2.75) is 77.7 Å². The second-order valence-electron chi connectivity index (χ2n) is 11.0. The highest BCUT2D eigenvalue weighted by atomic mass is 28.4. The second kappa shape index (κ2) is 9.87. The average Bonchev–Trinajstić information content (AvgIpc) is 2.68. The van der Waals surface area contributed by atoms with E-state index in [1.165, 1.54) is 6.07 Å². The topological polar surface area (TPSA) is 99.0 Å². The van der Waals surface area contributed by atoms with Crippen LogP contribution in [0.1, 0.15) is 67.8 Å². The number of rotatable bonds is 9. The van der Waals surface area contributed by atoms with E-state index in [0.717, 1.165) is 11.1 Å². The molecule has 0 aliphatic carbocycles. The van der Waals surface area contributed by atoms with Gasteiger partial charge in [0.25, 0.3) is 0 Å². The summed E-state index contributed by atoms with van der Waals surface area (Å²) in [6.45, 7) is 17.4. The van der Waals surface area contributed by atoms with E-state index in [-0.39, 0.29) is 33.7 Å². The van der Waals surface area contributed by atoms with Gasteiger partial charge in [0.1, 0.15) is 0 Å². The van der Waals surface area contributed by atoms with Gasteiger partial charge in [-0.1, -0.05) is 39.0 Å². The molecule has 182 valence electrons. The van der Waals surface area contributed by atoms with Crippen LogP contribution in [0, 0.1) is 6.92 Å². The number of phenols is 2. The predicted octanol–water partition coefficient (Wildman–Crippen LogP) is 5.78. The molecule has 0 aromatic heterocycles. The van der Waals surface area contributed by atoms with Crippen molar-refractivity contribution in [2.75, 3.05) is 6.54 Å². The van der Waals surface area contributed by atoms with Crippen LogP contribution in [0.4, 0.5) is 0 Å². The molecule has 2 aromatic rings. The molecule has 0 bridgehead atoms. The molecule has 0 heterocycles. The van der Waals surface area contributed by atoms with Crippen molar-refractivity contribution in [2.24, 2.45) is 0 Å². The Hall–Kier alpha value is -2.35. The summed E-state index contributed by atoms with van der Waals surface area (Å²) in [6, 6.07) is 10.3. The van der Waals surface area contributed by atoms with E-state index in [1.54, 1.807) is 25.1 Å². The quantitative estimate of drug-likeness (QED) is 0.272. The summed E-state index contributed by atoms with van der Waals surface area (Å²) in [4.78, 5) is 11.3. The van der Waals surface area contributed by atoms with Crippen molar-refractivity contribution < 1.29 is 24.5 Å². The maximum absolute atomic E-state index is 11.3. The van der Waals surface area contributed by atoms with Crippen molar-refractivity contribution in [1.82, 2.24) is 5.32 Å². The molecule has 4 N–H and O–H groups in total. The van der Waals surface area contributed by atoms with Crippen molar-refractivity contribution >= 4 is 14.3 Å². The first-order valence-electron chi connectivity index (χ1n) is 11.3. The molecule has 0 aliphatic rings. The Morgan fingerprint density at radius 2 is 1.73 bits per heavy atom. The van der Waals surface area contributed by atoms with Crippen molar-refractivity contribution in [3.63, 3.8) is 0 Å². The Bertz CT molecular complexity index is 995. The van der Waals surface area contributed by atoms with Crippen LogP contribution in [0.25, 0.3) is 0 Å². The van der Waals surface area contributed by atoms with E-state index >= 15 is 0 Å². The van der Waals surface area contributed by atoms with Crippen LogP contribution in [0.2, 0.25) is 18.1 Å². The first kappa shape index (κ1) is 26.9. The number of carbonyl (C=O) groups is 1. The number of phenolic OH excluding ortho intramolecular Hbond substituents is 2. The first-order chi connectivity index (χ1) is 15.0.